The van der Waals surface area contributed by atoms with E-state index < -0.39 is 0 Å². The number of unbranched alkanes of at least 4 members (excludes halogenated alkanes) is 17. The number of allylic oxidation sites excluding steroid dienone is 3. The Balaban J connectivity index is 1.86. The predicted molar refractivity (Wildman–Crippen MR) is 208 cm³/mol. The zero-order valence-electron chi connectivity index (χ0n) is 31.1. The maximum Gasteiger partial charge on any atom is 0.215 e. The lowest BCUT2D eigenvalue weighted by molar-refractivity contribution is -0.347. The molecule has 1 N–H and O–H groups in total. The summed E-state index contributed by atoms with van der Waals surface area (Å²) in [6.45, 7) is 9.13. The van der Waals surface area contributed by atoms with Crippen LogP contribution in [0.25, 0.3) is 11.5 Å². The fourth-order valence-electron chi connectivity index (χ4n) is 7.08. The van der Waals surface area contributed by atoms with E-state index >= 15 is 0 Å². The lowest BCUT2D eigenvalue weighted by Crippen LogP contribution is -2.11. The van der Waals surface area contributed by atoms with Crippen LogP contribution in [-0.2, 0) is 12.8 Å². The van der Waals surface area contributed by atoms with Gasteiger partial charge in [-0.05, 0) is 86.8 Å². The molecule has 0 spiro atoms. The molecule has 1 aliphatic heterocycles. The van der Waals surface area contributed by atoms with Crippen molar-refractivity contribution in [2.24, 2.45) is 0 Å². The van der Waals surface area contributed by atoms with Gasteiger partial charge in [0.25, 0.3) is 0 Å². The highest BCUT2D eigenvalue weighted by Crippen LogP contribution is 2.38. The topological polar surface area (TPSA) is 26.8 Å². The summed E-state index contributed by atoms with van der Waals surface area (Å²) in [7, 11) is 0. The first-order valence-corrected chi connectivity index (χ1v) is 20.1. The Bertz CT molecular complexity index is 1210. The Morgan fingerprint density at radius 1 is 0.468 bits per heavy atom. The normalized spacial score (nSPS) is 14.3. The minimum Gasteiger partial charge on any atom is -0.448 e. The van der Waals surface area contributed by atoms with Crippen LogP contribution in [0.4, 0.5) is 0 Å². The van der Waals surface area contributed by atoms with Crippen molar-refractivity contribution in [3.8, 4) is 0 Å². The van der Waals surface area contributed by atoms with Gasteiger partial charge in [0.05, 0.1) is 5.57 Å². The minimum atomic E-state index is 1.05. The average Bonchev–Trinajstić information content (AvgIpc) is 3.37. The van der Waals surface area contributed by atoms with Gasteiger partial charge >= 0.3 is 0 Å². The molecule has 2 aromatic rings. The van der Waals surface area contributed by atoms with E-state index in [0.717, 1.165) is 37.1 Å². The van der Waals surface area contributed by atoms with Crippen molar-refractivity contribution < 1.29 is 4.68 Å². The van der Waals surface area contributed by atoms with Crippen LogP contribution in [-0.4, -0.2) is 10.4 Å². The molecule has 260 valence electrons. The second-order valence-corrected chi connectivity index (χ2v) is 14.2. The Morgan fingerprint density at radius 3 is 1.38 bits per heavy atom. The minimum absolute atomic E-state index is 1.05. The van der Waals surface area contributed by atoms with Crippen LogP contribution in [0.2, 0.25) is 0 Å². The molecule has 0 unspecified atom stereocenters. The maximum absolute atomic E-state index is 9.63. The lowest BCUT2D eigenvalue weighted by Gasteiger charge is -2.09. The standard InChI is InChI=1S/C45H70N2/c1-5-9-13-15-17-18-19-20-21-23-25-29-43-42(28-24-22-16-14-10-6-2)44(40-34-30-38(31-35-40)26-11-7-3)47(46)45(43)41-36-32-39(33-37-41)27-12-8-4/h29-37,46H,5-28H2,1-4H3. The zero-order chi connectivity index (χ0) is 33.5. The summed E-state index contributed by atoms with van der Waals surface area (Å²) in [5, 5.41) is 0. The molecule has 2 aromatic carbocycles. The average molecular weight is 639 g/mol. The summed E-state index contributed by atoms with van der Waals surface area (Å²) in [4.78, 5) is 0. The molecule has 0 aliphatic carbocycles. The molecule has 0 fully saturated rings. The molecule has 1 aliphatic rings. The molecule has 2 nitrogen and oxygen atoms in total. The molecule has 0 atom stereocenters. The van der Waals surface area contributed by atoms with Crippen LogP contribution in [0, 0.1) is 0 Å². The molecule has 1 heterocycles. The fraction of sp³-hybridized carbons (Fsp3) is 0.622. The summed E-state index contributed by atoms with van der Waals surface area (Å²) < 4.78 is 1.80. The first kappa shape index (κ1) is 38.8. The van der Waals surface area contributed by atoms with Crippen molar-refractivity contribution in [2.75, 3.05) is 0 Å². The number of nitrogens with zero attached hydrogens (tertiary/aromatic N) is 1. The van der Waals surface area contributed by atoms with Crippen molar-refractivity contribution in [3.63, 3.8) is 0 Å². The van der Waals surface area contributed by atoms with Crippen molar-refractivity contribution in [1.82, 2.24) is 0 Å². The molecule has 0 saturated heterocycles. The molecule has 47 heavy (non-hydrogen) atoms. The van der Waals surface area contributed by atoms with Gasteiger partial charge in [-0.1, -0.05) is 161 Å². The molecule has 0 radical (unpaired) electrons. The van der Waals surface area contributed by atoms with Gasteiger partial charge < -0.3 is 5.84 Å². The van der Waals surface area contributed by atoms with Gasteiger partial charge in [-0.2, -0.15) is 0 Å². The maximum atomic E-state index is 9.63. The third kappa shape index (κ3) is 13.4. The first-order valence-electron chi connectivity index (χ1n) is 20.1. The third-order valence-corrected chi connectivity index (χ3v) is 10.1. The van der Waals surface area contributed by atoms with Crippen LogP contribution in [0.15, 0.2) is 65.8 Å². The third-order valence-electron chi connectivity index (χ3n) is 10.1. The van der Waals surface area contributed by atoms with Crippen LogP contribution < -0.4 is 0 Å². The molecule has 2 heteroatoms. The predicted octanol–water partition coefficient (Wildman–Crippen LogP) is 14.6. The Morgan fingerprint density at radius 2 is 0.894 bits per heavy atom. The summed E-state index contributed by atoms with van der Waals surface area (Å²) in [6, 6.07) is 18.4. The van der Waals surface area contributed by atoms with Crippen LogP contribution in [0.3, 0.4) is 0 Å². The van der Waals surface area contributed by atoms with Gasteiger partial charge in [0.1, 0.15) is 0 Å². The number of hydrogen-bond donors (Lipinski definition) is 0. The smallest absolute Gasteiger partial charge is 0.215 e. The second-order valence-electron chi connectivity index (χ2n) is 14.2. The fourth-order valence-corrected chi connectivity index (χ4v) is 7.08. The van der Waals surface area contributed by atoms with E-state index in [9.17, 15) is 5.84 Å². The first-order chi connectivity index (χ1) is 23.1. The lowest BCUT2D eigenvalue weighted by atomic mass is 9.90. The summed E-state index contributed by atoms with van der Waals surface area (Å²) >= 11 is 0. The van der Waals surface area contributed by atoms with Gasteiger partial charge in [-0.25, -0.2) is 4.68 Å². The SMILES string of the molecule is CCCCCCCCCCCCC=C1C(CCCCCCCC)=C(c2ccc(CCCC)cc2)[N+]([NH-])=C1c1ccc(CCCC)cc1. The molecule has 3 rings (SSSR count). The zero-order valence-corrected chi connectivity index (χ0v) is 31.1. The van der Waals surface area contributed by atoms with Crippen molar-refractivity contribution >= 4 is 11.4 Å². The Kier molecular flexibility index (Phi) is 19.6. The number of aryl methyl sites for hydroxylation is 2. The summed E-state index contributed by atoms with van der Waals surface area (Å²) in [5.74, 6) is 9.63. The van der Waals surface area contributed by atoms with Crippen molar-refractivity contribution in [1.29, 1.82) is 0 Å². The number of benzene rings is 2. The van der Waals surface area contributed by atoms with Crippen LogP contribution >= 0.6 is 0 Å². The van der Waals surface area contributed by atoms with E-state index in [-0.39, 0.29) is 0 Å². The molecule has 0 bridgehead atoms. The summed E-state index contributed by atoms with van der Waals surface area (Å²) in [5.41, 5.74) is 10.1. The van der Waals surface area contributed by atoms with E-state index in [0.29, 0.717) is 0 Å². The van der Waals surface area contributed by atoms with Gasteiger partial charge in [-0.3, -0.25) is 0 Å². The van der Waals surface area contributed by atoms with Gasteiger partial charge in [0.15, 0.2) is 0 Å². The van der Waals surface area contributed by atoms with E-state index in [1.807, 2.05) is 0 Å². The summed E-state index contributed by atoms with van der Waals surface area (Å²) in [6.07, 6.45) is 33.3. The highest BCUT2D eigenvalue weighted by Gasteiger charge is 2.34. The molecular weight excluding hydrogens is 569 g/mol. The number of nitrogens with one attached hydrogen (secondary N) is 1. The van der Waals surface area contributed by atoms with Crippen LogP contribution in [0.5, 0.6) is 0 Å². The number of hydrogen-bond acceptors (Lipinski definition) is 0. The van der Waals surface area contributed by atoms with Gasteiger partial charge in [0, 0.05) is 16.7 Å². The molecule has 0 aromatic heterocycles. The van der Waals surface area contributed by atoms with E-state index in [2.05, 4.69) is 82.3 Å². The second kappa shape index (κ2) is 23.7. The largest absolute Gasteiger partial charge is 0.448 e. The highest BCUT2D eigenvalue weighted by atomic mass is 15.3. The van der Waals surface area contributed by atoms with E-state index in [1.165, 1.54) is 162 Å². The number of rotatable bonds is 26. The highest BCUT2D eigenvalue weighted by molar-refractivity contribution is 6.16. The van der Waals surface area contributed by atoms with E-state index in [1.54, 1.807) is 4.68 Å². The monoisotopic (exact) mass is 639 g/mol. The van der Waals surface area contributed by atoms with Gasteiger partial charge in [0.2, 0.25) is 11.4 Å². The van der Waals surface area contributed by atoms with E-state index in [4.69, 9.17) is 0 Å². The van der Waals surface area contributed by atoms with Crippen molar-refractivity contribution in [3.05, 3.63) is 93.8 Å². The quantitative estimate of drug-likeness (QED) is 0.0724. The Hall–Kier alpha value is -2.61. The van der Waals surface area contributed by atoms with Crippen LogP contribution in [0.1, 0.15) is 191 Å². The van der Waals surface area contributed by atoms with Crippen molar-refractivity contribution in [2.45, 2.75) is 182 Å². The van der Waals surface area contributed by atoms with Gasteiger partial charge in [-0.15, -0.1) is 0 Å². The molecular formula is C45H70N2. The molecule has 0 saturated carbocycles. The Labute approximate surface area is 291 Å². The molecule has 0 amide bonds.